The fraction of sp³-hybridized carbons (Fsp3) is 0.579. The third-order valence-corrected chi connectivity index (χ3v) is 5.67. The highest BCUT2D eigenvalue weighted by Gasteiger charge is 2.42. The van der Waals surface area contributed by atoms with Crippen LogP contribution in [0.3, 0.4) is 0 Å². The van der Waals surface area contributed by atoms with Crippen LogP contribution in [0.2, 0.25) is 0 Å². The van der Waals surface area contributed by atoms with Gasteiger partial charge in [-0.05, 0) is 17.7 Å². The highest BCUT2D eigenvalue weighted by atomic mass is 32.2. The molecular formula is C19H28N2O5S. The second-order valence-electron chi connectivity index (χ2n) is 6.50. The van der Waals surface area contributed by atoms with Crippen molar-refractivity contribution >= 4 is 23.6 Å². The first kappa shape index (κ1) is 21.4. The molecule has 0 aromatic heterocycles. The predicted octanol–water partition coefficient (Wildman–Crippen LogP) is 2.06. The Bertz CT molecular complexity index is 668. The van der Waals surface area contributed by atoms with Crippen molar-refractivity contribution in [2.75, 3.05) is 40.2 Å². The molecule has 1 aromatic carbocycles. The quantitative estimate of drug-likeness (QED) is 0.678. The standard InChI is InChI=1S/C19H28N2O5S/c1-12(2)18(23)21-14(17(22)20-8-9-24-3)11-27-19(21)13-6-7-15(25-4)16(10-13)26-5/h6-7,10,12,14,19H,8-9,11H2,1-5H3,(H,20,22)/t14-,19+/m1/s1. The van der Waals surface area contributed by atoms with Crippen molar-refractivity contribution in [1.29, 1.82) is 0 Å². The molecule has 1 N–H and O–H groups in total. The number of amides is 2. The zero-order chi connectivity index (χ0) is 20.0. The normalized spacial score (nSPS) is 19.3. The van der Waals surface area contributed by atoms with Crippen molar-refractivity contribution in [3.05, 3.63) is 23.8 Å². The summed E-state index contributed by atoms with van der Waals surface area (Å²) in [5.41, 5.74) is 0.902. The number of hydrogen-bond donors (Lipinski definition) is 1. The van der Waals surface area contributed by atoms with Gasteiger partial charge in [0.2, 0.25) is 11.8 Å². The van der Waals surface area contributed by atoms with Crippen molar-refractivity contribution < 1.29 is 23.8 Å². The van der Waals surface area contributed by atoms with E-state index in [2.05, 4.69) is 5.32 Å². The molecule has 0 bridgehead atoms. The van der Waals surface area contributed by atoms with Gasteiger partial charge in [-0.15, -0.1) is 11.8 Å². The largest absolute Gasteiger partial charge is 0.493 e. The van der Waals surface area contributed by atoms with Gasteiger partial charge in [0, 0.05) is 25.3 Å². The van der Waals surface area contributed by atoms with E-state index in [1.165, 1.54) is 0 Å². The van der Waals surface area contributed by atoms with Crippen LogP contribution in [0, 0.1) is 5.92 Å². The molecular weight excluding hydrogens is 368 g/mol. The van der Waals surface area contributed by atoms with Crippen molar-refractivity contribution in [2.45, 2.75) is 25.3 Å². The lowest BCUT2D eigenvalue weighted by atomic mass is 10.1. The zero-order valence-electron chi connectivity index (χ0n) is 16.5. The summed E-state index contributed by atoms with van der Waals surface area (Å²) in [5, 5.41) is 2.59. The van der Waals surface area contributed by atoms with Gasteiger partial charge >= 0.3 is 0 Å². The van der Waals surface area contributed by atoms with E-state index in [1.54, 1.807) is 38.0 Å². The Hall–Kier alpha value is -1.93. The number of ether oxygens (including phenoxy) is 3. The SMILES string of the molecule is COCCNC(=O)[C@H]1CS[C@@H](c2ccc(OC)c(OC)c2)N1C(=O)C(C)C. The van der Waals surface area contributed by atoms with Crippen molar-refractivity contribution in [2.24, 2.45) is 5.92 Å². The van der Waals surface area contributed by atoms with Crippen LogP contribution in [0.4, 0.5) is 0 Å². The smallest absolute Gasteiger partial charge is 0.243 e. The first-order valence-electron chi connectivity index (χ1n) is 8.86. The lowest BCUT2D eigenvalue weighted by molar-refractivity contribution is -0.142. The molecule has 1 aliphatic heterocycles. The van der Waals surface area contributed by atoms with E-state index >= 15 is 0 Å². The lowest BCUT2D eigenvalue weighted by Crippen LogP contribution is -2.49. The van der Waals surface area contributed by atoms with E-state index in [-0.39, 0.29) is 23.1 Å². The maximum absolute atomic E-state index is 12.9. The molecule has 7 nitrogen and oxygen atoms in total. The summed E-state index contributed by atoms with van der Waals surface area (Å²) in [5.74, 6) is 1.35. The molecule has 27 heavy (non-hydrogen) atoms. The van der Waals surface area contributed by atoms with Gasteiger partial charge in [0.25, 0.3) is 0 Å². The number of benzene rings is 1. The molecule has 1 saturated heterocycles. The summed E-state index contributed by atoms with van der Waals surface area (Å²) in [4.78, 5) is 27.2. The maximum atomic E-state index is 12.9. The van der Waals surface area contributed by atoms with Crippen LogP contribution < -0.4 is 14.8 Å². The van der Waals surface area contributed by atoms with E-state index < -0.39 is 6.04 Å². The molecule has 2 amide bonds. The number of rotatable bonds is 8. The average Bonchev–Trinajstić information content (AvgIpc) is 3.11. The molecule has 0 spiro atoms. The first-order valence-corrected chi connectivity index (χ1v) is 9.91. The highest BCUT2D eigenvalue weighted by molar-refractivity contribution is 7.99. The van der Waals surface area contributed by atoms with Gasteiger partial charge in [-0.2, -0.15) is 0 Å². The summed E-state index contributed by atoms with van der Waals surface area (Å²) >= 11 is 1.57. The van der Waals surface area contributed by atoms with E-state index in [0.717, 1.165) is 5.56 Å². The van der Waals surface area contributed by atoms with Gasteiger partial charge in [0.05, 0.1) is 20.8 Å². The molecule has 0 saturated carbocycles. The Kier molecular flexibility index (Phi) is 7.79. The Labute approximate surface area is 164 Å². The molecule has 8 heteroatoms. The van der Waals surface area contributed by atoms with Crippen molar-refractivity contribution in [3.8, 4) is 11.5 Å². The van der Waals surface area contributed by atoms with Gasteiger partial charge in [-0.1, -0.05) is 19.9 Å². The molecule has 1 aromatic rings. The molecule has 0 aliphatic carbocycles. The number of carbonyl (C=O) groups excluding carboxylic acids is 2. The second-order valence-corrected chi connectivity index (χ2v) is 7.61. The number of methoxy groups -OCH3 is 3. The molecule has 150 valence electrons. The number of carbonyl (C=O) groups is 2. The Morgan fingerprint density at radius 1 is 1.22 bits per heavy atom. The molecule has 0 unspecified atom stereocenters. The predicted molar refractivity (Wildman–Crippen MR) is 105 cm³/mol. The average molecular weight is 397 g/mol. The van der Waals surface area contributed by atoms with Crippen LogP contribution in [0.15, 0.2) is 18.2 Å². The fourth-order valence-corrected chi connectivity index (χ4v) is 4.36. The summed E-state index contributed by atoms with van der Waals surface area (Å²) in [7, 11) is 4.74. The number of hydrogen-bond acceptors (Lipinski definition) is 6. The van der Waals surface area contributed by atoms with Crippen LogP contribution in [0.5, 0.6) is 11.5 Å². The van der Waals surface area contributed by atoms with Crippen LogP contribution in [-0.4, -0.2) is 63.0 Å². The van der Waals surface area contributed by atoms with Gasteiger partial charge in [0.1, 0.15) is 11.4 Å². The molecule has 1 fully saturated rings. The van der Waals surface area contributed by atoms with Gasteiger partial charge in [-0.25, -0.2) is 0 Å². The molecule has 2 atom stereocenters. The van der Waals surface area contributed by atoms with Crippen LogP contribution >= 0.6 is 11.8 Å². The fourth-order valence-electron chi connectivity index (χ4n) is 2.93. The van der Waals surface area contributed by atoms with E-state index in [0.29, 0.717) is 30.4 Å². The van der Waals surface area contributed by atoms with Crippen molar-refractivity contribution in [3.63, 3.8) is 0 Å². The summed E-state index contributed by atoms with van der Waals surface area (Å²) in [6.45, 7) is 4.54. The van der Waals surface area contributed by atoms with E-state index in [9.17, 15) is 9.59 Å². The number of nitrogens with one attached hydrogen (secondary N) is 1. The van der Waals surface area contributed by atoms with Gasteiger partial charge in [0.15, 0.2) is 11.5 Å². The third kappa shape index (κ3) is 4.87. The summed E-state index contributed by atoms with van der Waals surface area (Å²) < 4.78 is 15.7. The van der Waals surface area contributed by atoms with Crippen LogP contribution in [0.25, 0.3) is 0 Å². The minimum absolute atomic E-state index is 0.0494. The number of thioether (sulfide) groups is 1. The lowest BCUT2D eigenvalue weighted by Gasteiger charge is -2.30. The Balaban J connectivity index is 2.30. The van der Waals surface area contributed by atoms with Crippen molar-refractivity contribution in [1.82, 2.24) is 10.2 Å². The summed E-state index contributed by atoms with van der Waals surface area (Å²) in [6.07, 6.45) is 0. The van der Waals surface area contributed by atoms with E-state index in [1.807, 2.05) is 32.0 Å². The number of nitrogens with zero attached hydrogens (tertiary/aromatic N) is 1. The van der Waals surface area contributed by atoms with Crippen LogP contribution in [-0.2, 0) is 14.3 Å². The third-order valence-electron chi connectivity index (χ3n) is 4.35. The molecule has 2 rings (SSSR count). The minimum atomic E-state index is -0.514. The van der Waals surface area contributed by atoms with Crippen LogP contribution in [0.1, 0.15) is 24.8 Å². The minimum Gasteiger partial charge on any atom is -0.493 e. The monoisotopic (exact) mass is 396 g/mol. The topological polar surface area (TPSA) is 77.1 Å². The molecule has 0 radical (unpaired) electrons. The van der Waals surface area contributed by atoms with Gasteiger partial charge < -0.3 is 24.4 Å². The highest BCUT2D eigenvalue weighted by Crippen LogP contribution is 2.44. The zero-order valence-corrected chi connectivity index (χ0v) is 17.3. The maximum Gasteiger partial charge on any atom is 0.243 e. The van der Waals surface area contributed by atoms with E-state index in [4.69, 9.17) is 14.2 Å². The summed E-state index contributed by atoms with van der Waals surface area (Å²) in [6, 6.07) is 5.08. The first-order chi connectivity index (χ1) is 12.9. The molecule has 1 aliphatic rings. The van der Waals surface area contributed by atoms with Gasteiger partial charge in [-0.3, -0.25) is 9.59 Å². The second kappa shape index (κ2) is 9.85. The Morgan fingerprint density at radius 2 is 1.93 bits per heavy atom. The Morgan fingerprint density at radius 3 is 2.52 bits per heavy atom. The molecule has 1 heterocycles.